The van der Waals surface area contributed by atoms with Gasteiger partial charge in [-0.05, 0) is 37.5 Å². The van der Waals surface area contributed by atoms with E-state index in [1.165, 1.54) is 141 Å². The topological polar surface area (TPSA) is 237 Å². The van der Waals surface area contributed by atoms with Gasteiger partial charge in [0, 0.05) is 25.7 Å². The molecule has 0 aliphatic rings. The Balaban J connectivity index is 5.19. The van der Waals surface area contributed by atoms with Gasteiger partial charge in [0.1, 0.15) is 19.3 Å². The molecule has 0 amide bonds. The van der Waals surface area contributed by atoms with E-state index in [0.29, 0.717) is 25.7 Å². The summed E-state index contributed by atoms with van der Waals surface area (Å²) in [6.45, 7) is 9.52. The van der Waals surface area contributed by atoms with Crippen LogP contribution in [-0.2, 0) is 65.4 Å². The predicted molar refractivity (Wildman–Crippen MR) is 345 cm³/mol. The van der Waals surface area contributed by atoms with E-state index in [1.807, 2.05) is 0 Å². The van der Waals surface area contributed by atoms with E-state index in [9.17, 15) is 43.2 Å². The second kappa shape index (κ2) is 59.4. The summed E-state index contributed by atoms with van der Waals surface area (Å²) in [4.78, 5) is 72.2. The van der Waals surface area contributed by atoms with Crippen molar-refractivity contribution < 1.29 is 80.2 Å². The molecule has 0 heterocycles. The Morgan fingerprint density at radius 2 is 0.558 bits per heavy atom. The first-order valence-corrected chi connectivity index (χ1v) is 38.1. The lowest BCUT2D eigenvalue weighted by molar-refractivity contribution is -0.161. The van der Waals surface area contributed by atoms with Gasteiger partial charge in [-0.1, -0.05) is 286 Å². The maximum Gasteiger partial charge on any atom is 0.472 e. The molecule has 510 valence electrons. The number of unbranched alkanes of at least 4 members (excludes halogenated alkanes) is 34. The Hall–Kier alpha value is -1.94. The van der Waals surface area contributed by atoms with E-state index < -0.39 is 97.5 Å². The van der Waals surface area contributed by atoms with Gasteiger partial charge in [-0.3, -0.25) is 37.3 Å². The minimum absolute atomic E-state index is 0.105. The minimum Gasteiger partial charge on any atom is -0.462 e. The highest BCUT2D eigenvalue weighted by atomic mass is 31.2. The van der Waals surface area contributed by atoms with Crippen molar-refractivity contribution in [1.29, 1.82) is 0 Å². The van der Waals surface area contributed by atoms with Gasteiger partial charge in [-0.15, -0.1) is 0 Å². The van der Waals surface area contributed by atoms with Crippen LogP contribution in [0, 0.1) is 11.8 Å². The third-order valence-electron chi connectivity index (χ3n) is 16.2. The van der Waals surface area contributed by atoms with E-state index in [1.54, 1.807) is 0 Å². The fourth-order valence-corrected chi connectivity index (χ4v) is 11.6. The molecule has 7 atom stereocenters. The number of hydrogen-bond acceptors (Lipinski definition) is 15. The van der Waals surface area contributed by atoms with Crippen LogP contribution in [0.3, 0.4) is 0 Å². The molecule has 0 saturated carbocycles. The van der Waals surface area contributed by atoms with Crippen LogP contribution < -0.4 is 0 Å². The standard InChI is InChI=1S/C67H130O17P2/c1-7-11-13-15-17-31-37-43-49-64(69)77-55-62(83-66(71)51-45-39-32-18-16-14-12-8-2)57-81-85(73,74)79-53-61(68)54-80-86(75,76)82-58-63(56-78-65(70)50-44-38-33-28-27-30-36-42-48-60(6)10-4)84-67(72)52-46-40-34-26-24-22-20-19-21-23-25-29-35-41-47-59(5)9-3/h59-63,68H,7-58H2,1-6H3,(H,73,74)(H,75,76)/t59?,60?,61-,62+,63+/m0/s1. The van der Waals surface area contributed by atoms with Crippen molar-refractivity contribution in [3.05, 3.63) is 0 Å². The van der Waals surface area contributed by atoms with Gasteiger partial charge in [-0.25, -0.2) is 9.13 Å². The van der Waals surface area contributed by atoms with E-state index in [2.05, 4.69) is 41.5 Å². The molecule has 19 heteroatoms. The van der Waals surface area contributed by atoms with Gasteiger partial charge in [-0.2, -0.15) is 0 Å². The fourth-order valence-electron chi connectivity index (χ4n) is 10.00. The summed E-state index contributed by atoms with van der Waals surface area (Å²) < 4.78 is 68.0. The summed E-state index contributed by atoms with van der Waals surface area (Å²) >= 11 is 0. The zero-order valence-corrected chi connectivity index (χ0v) is 57.4. The summed E-state index contributed by atoms with van der Waals surface area (Å²) in [5.41, 5.74) is 0. The lowest BCUT2D eigenvalue weighted by Crippen LogP contribution is -2.30. The minimum atomic E-state index is -4.95. The normalized spacial score (nSPS) is 14.8. The SMILES string of the molecule is CCCCCCCCCCC(=O)OC[C@H](COP(=O)(O)OC[C@H](O)COP(=O)(O)OC[C@@H](COC(=O)CCCCCCCCCCC(C)CC)OC(=O)CCCCCCCCCCCCCCCCC(C)CC)OC(=O)CCCCCCCCCC. The molecule has 0 rings (SSSR count). The lowest BCUT2D eigenvalue weighted by atomic mass is 9.99. The van der Waals surface area contributed by atoms with Gasteiger partial charge < -0.3 is 33.8 Å². The van der Waals surface area contributed by atoms with Crippen molar-refractivity contribution >= 4 is 39.5 Å². The zero-order valence-electron chi connectivity index (χ0n) is 55.6. The first-order chi connectivity index (χ1) is 41.4. The average molecular weight is 1270 g/mol. The molecule has 0 fully saturated rings. The Morgan fingerprint density at radius 1 is 0.326 bits per heavy atom. The molecule has 0 aliphatic heterocycles. The van der Waals surface area contributed by atoms with E-state index in [4.69, 9.17) is 37.0 Å². The first-order valence-electron chi connectivity index (χ1n) is 35.1. The quantitative estimate of drug-likeness (QED) is 0.0222. The summed E-state index contributed by atoms with van der Waals surface area (Å²) in [7, 11) is -9.89. The van der Waals surface area contributed by atoms with Crippen molar-refractivity contribution in [3.8, 4) is 0 Å². The van der Waals surface area contributed by atoms with E-state index >= 15 is 0 Å². The number of carbonyl (C=O) groups excluding carboxylic acids is 4. The number of aliphatic hydroxyl groups is 1. The Labute approximate surface area is 524 Å². The van der Waals surface area contributed by atoms with Crippen LogP contribution in [-0.4, -0.2) is 96.7 Å². The molecule has 0 aromatic heterocycles. The van der Waals surface area contributed by atoms with Gasteiger partial charge in [0.15, 0.2) is 12.2 Å². The highest BCUT2D eigenvalue weighted by molar-refractivity contribution is 7.47. The van der Waals surface area contributed by atoms with E-state index in [0.717, 1.165) is 115 Å². The number of aliphatic hydroxyl groups excluding tert-OH is 1. The van der Waals surface area contributed by atoms with Gasteiger partial charge >= 0.3 is 39.5 Å². The second-order valence-electron chi connectivity index (χ2n) is 24.7. The van der Waals surface area contributed by atoms with Crippen LogP contribution in [0.25, 0.3) is 0 Å². The van der Waals surface area contributed by atoms with Crippen LogP contribution in [0.4, 0.5) is 0 Å². The average Bonchev–Trinajstić information content (AvgIpc) is 3.70. The number of ether oxygens (including phenoxy) is 4. The van der Waals surface area contributed by atoms with Crippen LogP contribution in [0.1, 0.15) is 337 Å². The number of phosphoric acid groups is 2. The molecule has 0 aromatic carbocycles. The first kappa shape index (κ1) is 84.1. The second-order valence-corrected chi connectivity index (χ2v) is 27.6. The number of hydrogen-bond donors (Lipinski definition) is 3. The van der Waals surface area contributed by atoms with Crippen molar-refractivity contribution in [2.24, 2.45) is 11.8 Å². The molecule has 0 spiro atoms. The van der Waals surface area contributed by atoms with E-state index in [-0.39, 0.29) is 25.7 Å². The molecular weight excluding hydrogens is 1140 g/mol. The highest BCUT2D eigenvalue weighted by Gasteiger charge is 2.30. The zero-order chi connectivity index (χ0) is 63.6. The maximum atomic E-state index is 13.0. The molecule has 3 N–H and O–H groups in total. The highest BCUT2D eigenvalue weighted by Crippen LogP contribution is 2.45. The molecule has 0 radical (unpaired) electrons. The van der Waals surface area contributed by atoms with Crippen LogP contribution in [0.5, 0.6) is 0 Å². The van der Waals surface area contributed by atoms with Crippen molar-refractivity contribution in [2.45, 2.75) is 355 Å². The predicted octanol–water partition coefficient (Wildman–Crippen LogP) is 18.8. The molecule has 0 saturated heterocycles. The van der Waals surface area contributed by atoms with Crippen LogP contribution in [0.15, 0.2) is 0 Å². The largest absolute Gasteiger partial charge is 0.472 e. The molecule has 17 nitrogen and oxygen atoms in total. The van der Waals surface area contributed by atoms with Crippen LogP contribution in [0.2, 0.25) is 0 Å². The third kappa shape index (κ3) is 58.4. The lowest BCUT2D eigenvalue weighted by Gasteiger charge is -2.21. The third-order valence-corrected chi connectivity index (χ3v) is 18.1. The molecule has 0 aliphatic carbocycles. The van der Waals surface area contributed by atoms with Gasteiger partial charge in [0.05, 0.1) is 26.4 Å². The summed E-state index contributed by atoms with van der Waals surface area (Å²) in [5, 5.41) is 10.5. The van der Waals surface area contributed by atoms with Crippen molar-refractivity contribution in [2.75, 3.05) is 39.6 Å². The van der Waals surface area contributed by atoms with Crippen LogP contribution >= 0.6 is 15.6 Å². The number of rotatable bonds is 66. The summed E-state index contributed by atoms with van der Waals surface area (Å²) in [6, 6.07) is 0. The van der Waals surface area contributed by atoms with Crippen molar-refractivity contribution in [3.63, 3.8) is 0 Å². The molecule has 0 aromatic rings. The molecular formula is C67H130O17P2. The Morgan fingerprint density at radius 3 is 0.826 bits per heavy atom. The Bertz CT molecular complexity index is 1690. The number of phosphoric ester groups is 2. The monoisotopic (exact) mass is 1270 g/mol. The summed E-state index contributed by atoms with van der Waals surface area (Å²) in [6.07, 6.45) is 43.1. The molecule has 86 heavy (non-hydrogen) atoms. The Kier molecular flexibility index (Phi) is 58.0. The smallest absolute Gasteiger partial charge is 0.462 e. The maximum absolute atomic E-state index is 13.0. The molecule has 4 unspecified atom stereocenters. The fraction of sp³-hybridized carbons (Fsp3) is 0.940. The van der Waals surface area contributed by atoms with Crippen molar-refractivity contribution in [1.82, 2.24) is 0 Å². The molecule has 0 bridgehead atoms. The number of carbonyl (C=O) groups is 4. The van der Waals surface area contributed by atoms with Gasteiger partial charge in [0.25, 0.3) is 0 Å². The number of esters is 4. The van der Waals surface area contributed by atoms with Gasteiger partial charge in [0.2, 0.25) is 0 Å². The summed E-state index contributed by atoms with van der Waals surface area (Å²) in [5.74, 6) is -0.511.